The number of rotatable bonds is 7. The molecule has 344 valence electrons. The first-order valence-electron chi connectivity index (χ1n) is 22.0. The average molecular weight is 885 g/mol. The second-order valence-electron chi connectivity index (χ2n) is 17.2. The number of nitrogens with one attached hydrogen (secondary N) is 3. The Balaban J connectivity index is 1.43. The third kappa shape index (κ3) is 10.3. The Kier molecular flexibility index (Phi) is 15.0. The van der Waals surface area contributed by atoms with Crippen molar-refractivity contribution in [1.82, 2.24) is 35.6 Å². The van der Waals surface area contributed by atoms with E-state index in [2.05, 4.69) is 16.0 Å². The van der Waals surface area contributed by atoms with E-state index in [4.69, 9.17) is 4.74 Å². The first kappa shape index (κ1) is 47.0. The van der Waals surface area contributed by atoms with E-state index in [9.17, 15) is 43.5 Å². The highest BCUT2D eigenvalue weighted by atomic mass is 16.5. The molecule has 3 fully saturated rings. The van der Waals surface area contributed by atoms with Gasteiger partial charge in [0.1, 0.15) is 53.6 Å². The number of allylic oxidation sites excluding steroid dienone is 1. The SMILES string of the molecule is CC[C@H]1NC(=O)[C@@H](NC(=O)C2=C(O)CCCN2C)[C@@H](C)OC(=O)[C@H](c2ccccc2)NC(=O)[C@@H]2CC(=O)CCN2C(=O)[C@H](Cc2ccc(N(C)C)cc2)N(C)C(=O)[C@@H]2CCCN2C1=O. The summed E-state index contributed by atoms with van der Waals surface area (Å²) >= 11 is 0. The van der Waals surface area contributed by atoms with E-state index in [0.29, 0.717) is 24.9 Å². The van der Waals surface area contributed by atoms with E-state index >= 15 is 0 Å². The number of piperidine rings is 1. The molecule has 0 bridgehead atoms. The van der Waals surface area contributed by atoms with Gasteiger partial charge >= 0.3 is 5.97 Å². The molecule has 4 aliphatic heterocycles. The number of Topliss-reactive ketones (excluding diaryl/α,β-unsaturated/α-hetero) is 1. The van der Waals surface area contributed by atoms with Crippen LogP contribution in [-0.2, 0) is 49.5 Å². The number of aliphatic hydroxyl groups is 1. The van der Waals surface area contributed by atoms with Crippen LogP contribution < -0.4 is 20.9 Å². The van der Waals surface area contributed by atoms with Gasteiger partial charge in [-0.1, -0.05) is 49.4 Å². The van der Waals surface area contributed by atoms with Crippen molar-refractivity contribution >= 4 is 52.9 Å². The molecule has 3 saturated heterocycles. The van der Waals surface area contributed by atoms with Crippen molar-refractivity contribution in [2.75, 3.05) is 52.7 Å². The predicted octanol–water partition coefficient (Wildman–Crippen LogP) is 1.35. The Hall–Kier alpha value is -6.46. The van der Waals surface area contributed by atoms with Crippen LogP contribution in [0.2, 0.25) is 0 Å². The topological polar surface area (TPSA) is 218 Å². The van der Waals surface area contributed by atoms with Gasteiger partial charge in [-0.15, -0.1) is 0 Å². The number of aliphatic hydroxyl groups excluding tert-OH is 1. The lowest BCUT2D eigenvalue weighted by Gasteiger charge is -2.40. The number of fused-ring (bicyclic) bond motifs is 2. The quantitative estimate of drug-likeness (QED) is 0.290. The molecule has 18 nitrogen and oxygen atoms in total. The number of cyclic esters (lactones) is 1. The summed E-state index contributed by atoms with van der Waals surface area (Å²) in [6, 6.07) is 7.69. The summed E-state index contributed by atoms with van der Waals surface area (Å²) in [5.74, 6) is -5.70. The molecule has 6 amide bonds. The van der Waals surface area contributed by atoms with Gasteiger partial charge in [-0.05, 0) is 55.9 Å². The number of nitrogens with zero attached hydrogens (tertiary/aromatic N) is 5. The number of likely N-dealkylation sites (N-methyl/N-ethyl adjacent to an activating group) is 2. The normalized spacial score (nSPS) is 26.8. The first-order chi connectivity index (χ1) is 30.5. The second-order valence-corrected chi connectivity index (χ2v) is 17.2. The van der Waals surface area contributed by atoms with Gasteiger partial charge in [0.2, 0.25) is 29.5 Å². The van der Waals surface area contributed by atoms with E-state index in [1.54, 1.807) is 49.2 Å². The van der Waals surface area contributed by atoms with Gasteiger partial charge in [0.05, 0.1) is 0 Å². The fourth-order valence-corrected chi connectivity index (χ4v) is 8.86. The molecule has 0 spiro atoms. The monoisotopic (exact) mass is 884 g/mol. The molecule has 2 aromatic carbocycles. The maximum absolute atomic E-state index is 15.0. The zero-order valence-corrected chi connectivity index (χ0v) is 37.4. The van der Waals surface area contributed by atoms with E-state index in [-0.39, 0.29) is 74.4 Å². The summed E-state index contributed by atoms with van der Waals surface area (Å²) in [6.45, 7) is 3.55. The summed E-state index contributed by atoms with van der Waals surface area (Å²) in [4.78, 5) is 122. The number of anilines is 1. The van der Waals surface area contributed by atoms with Crippen molar-refractivity contribution in [1.29, 1.82) is 0 Å². The molecule has 4 N–H and O–H groups in total. The van der Waals surface area contributed by atoms with Crippen molar-refractivity contribution in [3.05, 3.63) is 77.2 Å². The number of hydrogen-bond acceptors (Lipinski definition) is 12. The van der Waals surface area contributed by atoms with E-state index < -0.39 is 83.8 Å². The molecule has 18 heteroatoms. The van der Waals surface area contributed by atoms with Gasteiger partial charge in [0.25, 0.3) is 5.91 Å². The lowest BCUT2D eigenvalue weighted by molar-refractivity contribution is -0.157. The predicted molar refractivity (Wildman–Crippen MR) is 234 cm³/mol. The summed E-state index contributed by atoms with van der Waals surface area (Å²) in [7, 11) is 6.89. The van der Waals surface area contributed by atoms with E-state index in [0.717, 1.165) is 5.69 Å². The molecule has 64 heavy (non-hydrogen) atoms. The van der Waals surface area contributed by atoms with Crippen molar-refractivity contribution in [3.63, 3.8) is 0 Å². The van der Waals surface area contributed by atoms with E-state index in [1.807, 2.05) is 43.3 Å². The standard InChI is InChI=1S/C46H60N8O10/c1-7-32-43(60)53-23-11-15-33(53)44(61)52(6)35(25-28-17-19-30(20-18-28)50(3)4)45(62)54-24-21-31(55)26-34(54)40(57)49-38(29-13-9-8-10-14-29)46(63)64-27(2)37(41(58)47-32)48-42(59)39-36(56)16-12-22-51(39)5/h8-10,13-14,17-20,27,32-35,37-38,56H,7,11-12,15-16,21-26H2,1-6H3,(H,47,58)(H,48,59)(H,49,57)/t27-,32-,33+,34+,35+,37+,38+/m1/s1. The van der Waals surface area contributed by atoms with Gasteiger partial charge in [0, 0.05) is 79.2 Å². The smallest absolute Gasteiger partial charge is 0.333 e. The Morgan fingerprint density at radius 3 is 2.17 bits per heavy atom. The molecule has 6 rings (SSSR count). The minimum atomic E-state index is -1.62. The zero-order valence-electron chi connectivity index (χ0n) is 37.4. The van der Waals surface area contributed by atoms with Crippen LogP contribution in [-0.4, -0.2) is 156 Å². The number of esters is 1. The molecule has 0 aromatic heterocycles. The van der Waals surface area contributed by atoms with Crippen LogP contribution in [0.25, 0.3) is 0 Å². The molecule has 0 unspecified atom stereocenters. The van der Waals surface area contributed by atoms with Crippen LogP contribution in [0, 0.1) is 0 Å². The lowest BCUT2D eigenvalue weighted by atomic mass is 9.95. The third-order valence-corrected chi connectivity index (χ3v) is 12.6. The Morgan fingerprint density at radius 2 is 1.52 bits per heavy atom. The molecule has 2 aromatic rings. The minimum Gasteiger partial charge on any atom is -0.510 e. The number of carbonyl (C=O) groups excluding carboxylic acids is 8. The minimum absolute atomic E-state index is 0.0380. The maximum Gasteiger partial charge on any atom is 0.333 e. The molecule has 0 radical (unpaired) electrons. The second kappa shape index (κ2) is 20.4. The molecule has 7 atom stereocenters. The number of hydrogen-bond donors (Lipinski definition) is 4. The molecular weight excluding hydrogens is 825 g/mol. The number of ether oxygens (including phenoxy) is 1. The summed E-state index contributed by atoms with van der Waals surface area (Å²) in [6.07, 6.45) is -0.151. The molecule has 0 saturated carbocycles. The number of benzene rings is 2. The fraction of sp³-hybridized carbons (Fsp3) is 0.522. The summed E-state index contributed by atoms with van der Waals surface area (Å²) in [5.41, 5.74) is 1.84. The van der Waals surface area contributed by atoms with Gasteiger partial charge < -0.3 is 50.3 Å². The van der Waals surface area contributed by atoms with Gasteiger partial charge in [0.15, 0.2) is 6.04 Å². The summed E-state index contributed by atoms with van der Waals surface area (Å²) < 4.78 is 5.92. The van der Waals surface area contributed by atoms with Crippen LogP contribution >= 0.6 is 0 Å². The van der Waals surface area contributed by atoms with Crippen LogP contribution in [0.1, 0.15) is 76.0 Å². The van der Waals surface area contributed by atoms with Crippen LogP contribution in [0.15, 0.2) is 66.1 Å². The molecule has 4 heterocycles. The van der Waals surface area contributed by atoms with E-state index in [1.165, 1.54) is 28.7 Å². The largest absolute Gasteiger partial charge is 0.510 e. The van der Waals surface area contributed by atoms with Gasteiger partial charge in [-0.25, -0.2) is 4.79 Å². The van der Waals surface area contributed by atoms with Crippen molar-refractivity contribution < 1.29 is 48.2 Å². The third-order valence-electron chi connectivity index (χ3n) is 12.6. The summed E-state index contributed by atoms with van der Waals surface area (Å²) in [5, 5.41) is 18.8. The zero-order chi connectivity index (χ0) is 46.4. The molecule has 4 aliphatic rings. The average Bonchev–Trinajstić information content (AvgIpc) is 3.77. The number of ketones is 1. The maximum atomic E-state index is 15.0. The molecule has 0 aliphatic carbocycles. The van der Waals surface area contributed by atoms with Gasteiger partial charge in [-0.2, -0.15) is 0 Å². The van der Waals surface area contributed by atoms with Crippen LogP contribution in [0.5, 0.6) is 0 Å². The highest BCUT2D eigenvalue weighted by Gasteiger charge is 2.46. The van der Waals surface area contributed by atoms with Crippen LogP contribution in [0.3, 0.4) is 0 Å². The van der Waals surface area contributed by atoms with Crippen LogP contribution in [0.4, 0.5) is 5.69 Å². The first-order valence-corrected chi connectivity index (χ1v) is 22.0. The number of carbonyl (C=O) groups is 8. The van der Waals surface area contributed by atoms with Crippen molar-refractivity contribution in [2.24, 2.45) is 0 Å². The van der Waals surface area contributed by atoms with Gasteiger partial charge in [-0.3, -0.25) is 33.6 Å². The Bertz CT molecular complexity index is 2150. The number of amides is 6. The Morgan fingerprint density at radius 1 is 0.828 bits per heavy atom. The molecular formula is C46H60N8O10. The Labute approximate surface area is 373 Å². The highest BCUT2D eigenvalue weighted by molar-refractivity contribution is 6.01. The lowest BCUT2D eigenvalue weighted by Crippen LogP contribution is -2.61. The highest BCUT2D eigenvalue weighted by Crippen LogP contribution is 2.27. The van der Waals surface area contributed by atoms with Crippen molar-refractivity contribution in [2.45, 2.75) is 108 Å². The van der Waals surface area contributed by atoms with Crippen molar-refractivity contribution in [3.8, 4) is 0 Å². The fourth-order valence-electron chi connectivity index (χ4n) is 8.86.